The Morgan fingerprint density at radius 1 is 1.33 bits per heavy atom. The van der Waals surface area contributed by atoms with E-state index >= 15 is 0 Å². The molecule has 2 aliphatic rings. The summed E-state index contributed by atoms with van der Waals surface area (Å²) < 4.78 is 6.99. The number of piperidine rings is 1. The van der Waals surface area contributed by atoms with E-state index in [1.165, 1.54) is 41.5 Å². The second kappa shape index (κ2) is 5.22. The molecule has 18 heavy (non-hydrogen) atoms. The van der Waals surface area contributed by atoms with Gasteiger partial charge in [0.25, 0.3) is 0 Å². The van der Waals surface area contributed by atoms with Crippen LogP contribution in [-0.4, -0.2) is 24.6 Å². The first kappa shape index (κ1) is 12.5. The van der Waals surface area contributed by atoms with E-state index in [9.17, 15) is 0 Å². The van der Waals surface area contributed by atoms with E-state index in [0.717, 1.165) is 31.2 Å². The molecule has 2 heterocycles. The lowest BCUT2D eigenvalue weighted by Crippen LogP contribution is -2.32. The zero-order valence-corrected chi connectivity index (χ0v) is 12.5. The number of nitrogens with zero attached hydrogens (tertiary/aromatic N) is 1. The van der Waals surface area contributed by atoms with Gasteiger partial charge in [-0.05, 0) is 49.5 Å². The molecule has 0 radical (unpaired) electrons. The summed E-state index contributed by atoms with van der Waals surface area (Å²) in [5.41, 5.74) is 2.72. The van der Waals surface area contributed by atoms with Crippen LogP contribution in [0.25, 0.3) is 0 Å². The average Bonchev–Trinajstić information content (AvgIpc) is 2.80. The molecule has 0 aromatic heterocycles. The molecule has 1 fully saturated rings. The second-order valence-corrected chi connectivity index (χ2v) is 6.53. The summed E-state index contributed by atoms with van der Waals surface area (Å²) in [5, 5.41) is 0. The molecule has 1 saturated heterocycles. The molecule has 0 bridgehead atoms. The fraction of sp³-hybridized carbons (Fsp3) is 0.600. The van der Waals surface area contributed by atoms with Crippen molar-refractivity contribution in [2.24, 2.45) is 5.92 Å². The molecular weight excluding hydrogens is 290 g/mol. The number of fused-ring (bicyclic) bond motifs is 1. The predicted octanol–water partition coefficient (Wildman–Crippen LogP) is 3.62. The van der Waals surface area contributed by atoms with E-state index in [-0.39, 0.29) is 0 Å². The molecule has 3 rings (SSSR count). The molecule has 0 spiro atoms. The summed E-state index contributed by atoms with van der Waals surface area (Å²) in [6.45, 7) is 6.69. The third-order valence-corrected chi connectivity index (χ3v) is 4.55. The molecule has 3 heteroatoms. The van der Waals surface area contributed by atoms with Crippen molar-refractivity contribution in [2.75, 3.05) is 19.7 Å². The second-order valence-electron chi connectivity index (χ2n) is 5.61. The van der Waals surface area contributed by atoms with Crippen LogP contribution in [-0.2, 0) is 13.0 Å². The standard InChI is InChI=1S/C15H20BrNO/c1-11-2-5-17(6-3-11)10-13-9-14(16)8-12-4-7-18-15(12)13/h8-9,11H,2-7,10H2,1H3. The van der Waals surface area contributed by atoms with Crippen molar-refractivity contribution < 1.29 is 4.74 Å². The van der Waals surface area contributed by atoms with Crippen molar-refractivity contribution >= 4 is 15.9 Å². The Morgan fingerprint density at radius 3 is 2.89 bits per heavy atom. The van der Waals surface area contributed by atoms with Crippen molar-refractivity contribution in [1.82, 2.24) is 4.90 Å². The van der Waals surface area contributed by atoms with Crippen LogP contribution in [0.2, 0.25) is 0 Å². The molecule has 0 saturated carbocycles. The van der Waals surface area contributed by atoms with Gasteiger partial charge in [-0.25, -0.2) is 0 Å². The van der Waals surface area contributed by atoms with Crippen molar-refractivity contribution in [2.45, 2.75) is 32.7 Å². The van der Waals surface area contributed by atoms with Gasteiger partial charge in [-0.2, -0.15) is 0 Å². The Morgan fingerprint density at radius 2 is 2.11 bits per heavy atom. The van der Waals surface area contributed by atoms with Crippen LogP contribution in [0.1, 0.15) is 30.9 Å². The lowest BCUT2D eigenvalue weighted by Gasteiger charge is -2.30. The fourth-order valence-electron chi connectivity index (χ4n) is 2.92. The summed E-state index contributed by atoms with van der Waals surface area (Å²) in [5.74, 6) is 2.04. The number of likely N-dealkylation sites (tertiary alicyclic amines) is 1. The van der Waals surface area contributed by atoms with Crippen molar-refractivity contribution in [3.05, 3.63) is 27.7 Å². The zero-order valence-electron chi connectivity index (χ0n) is 10.9. The minimum atomic E-state index is 0.843. The van der Waals surface area contributed by atoms with Gasteiger partial charge in [0, 0.05) is 23.0 Å². The van der Waals surface area contributed by atoms with Gasteiger partial charge in [0.15, 0.2) is 0 Å². The third kappa shape index (κ3) is 2.57. The lowest BCUT2D eigenvalue weighted by molar-refractivity contribution is 0.183. The van der Waals surface area contributed by atoms with E-state index in [1.807, 2.05) is 0 Å². The number of rotatable bonds is 2. The highest BCUT2D eigenvalue weighted by Gasteiger charge is 2.21. The zero-order chi connectivity index (χ0) is 12.5. The quantitative estimate of drug-likeness (QED) is 0.827. The van der Waals surface area contributed by atoms with Gasteiger partial charge in [0.05, 0.1) is 6.61 Å². The number of hydrogen-bond acceptors (Lipinski definition) is 2. The SMILES string of the molecule is CC1CCN(Cc2cc(Br)cc3c2OCC3)CC1. The monoisotopic (exact) mass is 309 g/mol. The molecule has 2 nitrogen and oxygen atoms in total. The molecule has 1 aromatic carbocycles. The fourth-order valence-corrected chi connectivity index (χ4v) is 3.48. The van der Waals surface area contributed by atoms with Gasteiger partial charge in [-0.1, -0.05) is 22.9 Å². The first-order chi connectivity index (χ1) is 8.72. The average molecular weight is 310 g/mol. The third-order valence-electron chi connectivity index (χ3n) is 4.10. The van der Waals surface area contributed by atoms with Gasteiger partial charge in [0.2, 0.25) is 0 Å². The molecule has 0 N–H and O–H groups in total. The maximum Gasteiger partial charge on any atom is 0.127 e. The lowest BCUT2D eigenvalue weighted by atomic mass is 9.98. The molecule has 2 aliphatic heterocycles. The highest BCUT2D eigenvalue weighted by molar-refractivity contribution is 9.10. The highest BCUT2D eigenvalue weighted by Crippen LogP contribution is 2.34. The minimum Gasteiger partial charge on any atom is -0.493 e. The molecule has 0 atom stereocenters. The summed E-state index contributed by atoms with van der Waals surface area (Å²) in [4.78, 5) is 2.56. The maximum atomic E-state index is 5.80. The Balaban J connectivity index is 1.76. The molecule has 0 aliphatic carbocycles. The van der Waals surface area contributed by atoms with Crippen LogP contribution in [0.3, 0.4) is 0 Å². The summed E-state index contributed by atoms with van der Waals surface area (Å²) in [7, 11) is 0. The van der Waals surface area contributed by atoms with Crippen LogP contribution >= 0.6 is 15.9 Å². The number of halogens is 1. The summed E-state index contributed by atoms with van der Waals surface area (Å²) in [6, 6.07) is 4.42. The highest BCUT2D eigenvalue weighted by atomic mass is 79.9. The molecule has 0 amide bonds. The van der Waals surface area contributed by atoms with Gasteiger partial charge in [-0.3, -0.25) is 4.90 Å². The van der Waals surface area contributed by atoms with Crippen molar-refractivity contribution in [3.8, 4) is 5.75 Å². The van der Waals surface area contributed by atoms with E-state index in [4.69, 9.17) is 4.74 Å². The largest absolute Gasteiger partial charge is 0.493 e. The smallest absolute Gasteiger partial charge is 0.127 e. The van der Waals surface area contributed by atoms with Gasteiger partial charge in [0.1, 0.15) is 5.75 Å². The van der Waals surface area contributed by atoms with E-state index in [0.29, 0.717) is 0 Å². The summed E-state index contributed by atoms with van der Waals surface area (Å²) >= 11 is 3.62. The summed E-state index contributed by atoms with van der Waals surface area (Å²) in [6.07, 6.45) is 3.72. The Kier molecular flexibility index (Phi) is 3.62. The van der Waals surface area contributed by atoms with Crippen molar-refractivity contribution in [3.63, 3.8) is 0 Å². The Hall–Kier alpha value is -0.540. The number of benzene rings is 1. The van der Waals surface area contributed by atoms with Crippen LogP contribution in [0.15, 0.2) is 16.6 Å². The molecule has 98 valence electrons. The van der Waals surface area contributed by atoms with E-state index in [1.54, 1.807) is 0 Å². The van der Waals surface area contributed by atoms with Gasteiger partial charge in [-0.15, -0.1) is 0 Å². The molecule has 0 unspecified atom stereocenters. The normalized spacial score (nSPS) is 20.8. The molecule has 1 aromatic rings. The van der Waals surface area contributed by atoms with Gasteiger partial charge >= 0.3 is 0 Å². The van der Waals surface area contributed by atoms with Crippen LogP contribution in [0.4, 0.5) is 0 Å². The van der Waals surface area contributed by atoms with Gasteiger partial charge < -0.3 is 4.74 Å². The van der Waals surface area contributed by atoms with Crippen LogP contribution < -0.4 is 4.74 Å². The number of hydrogen-bond donors (Lipinski definition) is 0. The van der Waals surface area contributed by atoms with E-state index in [2.05, 4.69) is 39.9 Å². The minimum absolute atomic E-state index is 0.843. The predicted molar refractivity (Wildman–Crippen MR) is 77.0 cm³/mol. The first-order valence-corrected chi connectivity index (χ1v) is 7.68. The Labute approximate surface area is 117 Å². The first-order valence-electron chi connectivity index (χ1n) is 6.89. The van der Waals surface area contributed by atoms with E-state index < -0.39 is 0 Å². The van der Waals surface area contributed by atoms with Crippen LogP contribution in [0, 0.1) is 5.92 Å². The number of ether oxygens (including phenoxy) is 1. The Bertz CT molecular complexity index is 438. The van der Waals surface area contributed by atoms with Crippen molar-refractivity contribution in [1.29, 1.82) is 0 Å². The topological polar surface area (TPSA) is 12.5 Å². The maximum absolute atomic E-state index is 5.80. The van der Waals surface area contributed by atoms with Crippen LogP contribution in [0.5, 0.6) is 5.75 Å². The molecular formula is C15H20BrNO.